The van der Waals surface area contributed by atoms with E-state index in [-0.39, 0.29) is 43.1 Å². The Hall–Kier alpha value is -0.560. The van der Waals surface area contributed by atoms with Crippen molar-refractivity contribution in [1.82, 2.24) is 14.9 Å². The highest BCUT2D eigenvalue weighted by Crippen LogP contribution is 2.28. The second-order valence-corrected chi connectivity index (χ2v) is 8.56. The minimum Gasteiger partial charge on any atom is -0.356 e. The predicted octanol–water partition coefficient (Wildman–Crippen LogP) is 2.97. The molecule has 0 amide bonds. The maximum absolute atomic E-state index is 12.6. The van der Waals surface area contributed by atoms with Crippen molar-refractivity contribution in [3.8, 4) is 0 Å². The fraction of sp³-hybridized carbons (Fsp3) is 0.812. The number of sulfonamides is 1. The van der Waals surface area contributed by atoms with Crippen LogP contribution in [0.4, 0.5) is 13.2 Å². The molecule has 0 atom stereocenters. The first kappa shape index (κ1) is 24.5. The minimum atomic E-state index is -5.24. The molecule has 2 aliphatic rings. The fourth-order valence-electron chi connectivity index (χ4n) is 3.25. The van der Waals surface area contributed by atoms with Gasteiger partial charge in [-0.2, -0.15) is 17.5 Å². The van der Waals surface area contributed by atoms with E-state index in [4.69, 9.17) is 0 Å². The zero-order chi connectivity index (χ0) is 19.2. The van der Waals surface area contributed by atoms with Gasteiger partial charge >= 0.3 is 15.5 Å². The average molecular weight is 524 g/mol. The molecule has 2 N–H and O–H groups in total. The number of nitrogens with zero attached hydrogens (tertiary/aromatic N) is 2. The summed E-state index contributed by atoms with van der Waals surface area (Å²) in [5.74, 6) is 0.596. The summed E-state index contributed by atoms with van der Waals surface area (Å²) >= 11 is 0. The lowest BCUT2D eigenvalue weighted by Gasteiger charge is -2.32. The van der Waals surface area contributed by atoms with Crippen molar-refractivity contribution in [1.29, 1.82) is 0 Å². The second-order valence-electron chi connectivity index (χ2n) is 6.63. The third-order valence-corrected chi connectivity index (χ3v) is 6.40. The van der Waals surface area contributed by atoms with E-state index in [0.29, 0.717) is 23.1 Å². The van der Waals surface area contributed by atoms with Crippen molar-refractivity contribution in [2.24, 2.45) is 4.99 Å². The molecule has 0 radical (unpaired) electrons. The van der Waals surface area contributed by atoms with E-state index in [1.807, 2.05) is 0 Å². The van der Waals surface area contributed by atoms with E-state index in [1.165, 1.54) is 18.4 Å². The van der Waals surface area contributed by atoms with E-state index in [1.54, 1.807) is 7.05 Å². The Balaban J connectivity index is 0.00000364. The second kappa shape index (κ2) is 10.8. The largest absolute Gasteiger partial charge is 0.511 e. The first-order valence-corrected chi connectivity index (χ1v) is 10.4. The number of alkyl halides is 3. The number of aliphatic imine (C=N–C) groups is 1. The highest BCUT2D eigenvalue weighted by molar-refractivity contribution is 14.0. The maximum Gasteiger partial charge on any atom is 0.511 e. The molecule has 6 nitrogen and oxygen atoms in total. The van der Waals surface area contributed by atoms with Crippen molar-refractivity contribution in [3.63, 3.8) is 0 Å². The summed E-state index contributed by atoms with van der Waals surface area (Å²) in [5.41, 5.74) is -3.79. The number of piperidine rings is 1. The normalized spacial score (nSPS) is 20.6. The van der Waals surface area contributed by atoms with Crippen LogP contribution < -0.4 is 10.6 Å². The van der Waals surface area contributed by atoms with Crippen molar-refractivity contribution in [3.05, 3.63) is 11.6 Å². The van der Waals surface area contributed by atoms with Gasteiger partial charge in [-0.15, -0.1) is 24.0 Å². The van der Waals surface area contributed by atoms with Crippen LogP contribution >= 0.6 is 24.0 Å². The molecule has 0 saturated carbocycles. The molecule has 11 heteroatoms. The summed E-state index contributed by atoms with van der Waals surface area (Å²) in [6.45, 7) is 0.444. The van der Waals surface area contributed by atoms with Crippen LogP contribution in [0.3, 0.4) is 0 Å². The molecule has 1 fully saturated rings. The van der Waals surface area contributed by atoms with Gasteiger partial charge in [-0.1, -0.05) is 11.6 Å². The van der Waals surface area contributed by atoms with Gasteiger partial charge in [0.15, 0.2) is 5.96 Å². The van der Waals surface area contributed by atoms with E-state index >= 15 is 0 Å². The topological polar surface area (TPSA) is 73.8 Å². The molecule has 27 heavy (non-hydrogen) atoms. The summed E-state index contributed by atoms with van der Waals surface area (Å²) in [7, 11) is -3.59. The predicted molar refractivity (Wildman–Crippen MR) is 111 cm³/mol. The van der Waals surface area contributed by atoms with Crippen LogP contribution in [0.2, 0.25) is 0 Å². The summed E-state index contributed by atoms with van der Waals surface area (Å²) in [6.07, 6.45) is 8.62. The van der Waals surface area contributed by atoms with Crippen molar-refractivity contribution >= 4 is 40.0 Å². The molecule has 2 rings (SSSR count). The third-order valence-electron chi connectivity index (χ3n) is 4.77. The number of halogens is 4. The number of hydrogen-bond donors (Lipinski definition) is 2. The monoisotopic (exact) mass is 524 g/mol. The minimum absolute atomic E-state index is 0. The number of allylic oxidation sites excluding steroid dienone is 1. The quantitative estimate of drug-likeness (QED) is 0.251. The lowest BCUT2D eigenvalue weighted by atomic mass is 9.97. The van der Waals surface area contributed by atoms with E-state index < -0.39 is 15.5 Å². The first-order valence-electron chi connectivity index (χ1n) is 8.95. The number of nitrogens with one attached hydrogen (secondary N) is 2. The fourth-order valence-corrected chi connectivity index (χ4v) is 4.23. The van der Waals surface area contributed by atoms with Crippen molar-refractivity contribution < 1.29 is 21.6 Å². The number of hydrogen-bond acceptors (Lipinski definition) is 3. The van der Waals surface area contributed by atoms with Crippen LogP contribution in [0, 0.1) is 0 Å². The summed E-state index contributed by atoms with van der Waals surface area (Å²) in [5, 5.41) is 6.39. The van der Waals surface area contributed by atoms with Crippen LogP contribution in [0.5, 0.6) is 0 Å². The van der Waals surface area contributed by atoms with Gasteiger partial charge in [-0.05, 0) is 44.9 Å². The Bertz CT molecular complexity index is 630. The van der Waals surface area contributed by atoms with Gasteiger partial charge in [0, 0.05) is 32.7 Å². The summed E-state index contributed by atoms with van der Waals surface area (Å²) < 4.78 is 61.1. The van der Waals surface area contributed by atoms with Crippen molar-refractivity contribution in [2.45, 2.75) is 56.5 Å². The van der Waals surface area contributed by atoms with Gasteiger partial charge in [-0.3, -0.25) is 4.99 Å². The number of guanidine groups is 1. The van der Waals surface area contributed by atoms with Gasteiger partial charge in [0.25, 0.3) is 0 Å². The SMILES string of the molecule is CN=C(NCCC1=CCCCC1)NC1CCN(S(=O)(=O)C(F)(F)F)CC1.I. The molecule has 0 spiro atoms. The zero-order valence-corrected chi connectivity index (χ0v) is 18.5. The average Bonchev–Trinajstić information content (AvgIpc) is 2.61. The van der Waals surface area contributed by atoms with Gasteiger partial charge in [0.05, 0.1) is 0 Å². The molecule has 0 aromatic rings. The van der Waals surface area contributed by atoms with Crippen molar-refractivity contribution in [2.75, 3.05) is 26.7 Å². The molecule has 0 bridgehead atoms. The molecule has 0 aromatic carbocycles. The molecule has 1 aliphatic heterocycles. The highest BCUT2D eigenvalue weighted by atomic mass is 127. The van der Waals surface area contributed by atoms with E-state index in [9.17, 15) is 21.6 Å². The Morgan fingerprint density at radius 1 is 1.30 bits per heavy atom. The van der Waals surface area contributed by atoms with Crippen LogP contribution in [-0.4, -0.2) is 56.9 Å². The van der Waals surface area contributed by atoms with Gasteiger partial charge in [-0.25, -0.2) is 8.42 Å². The summed E-state index contributed by atoms with van der Waals surface area (Å²) in [4.78, 5) is 4.13. The first-order chi connectivity index (χ1) is 12.2. The Kier molecular flexibility index (Phi) is 9.83. The maximum atomic E-state index is 12.6. The molecule has 1 aliphatic carbocycles. The summed E-state index contributed by atoms with van der Waals surface area (Å²) in [6, 6.07) is -0.102. The Morgan fingerprint density at radius 2 is 1.96 bits per heavy atom. The van der Waals surface area contributed by atoms with Crippen LogP contribution in [0.25, 0.3) is 0 Å². The Labute approximate surface area is 176 Å². The highest BCUT2D eigenvalue weighted by Gasteiger charge is 2.50. The zero-order valence-electron chi connectivity index (χ0n) is 15.4. The molecule has 158 valence electrons. The van der Waals surface area contributed by atoms with Crippen LogP contribution in [0.15, 0.2) is 16.6 Å². The molecule has 0 unspecified atom stereocenters. The van der Waals surface area contributed by atoms with Gasteiger partial charge in [0.2, 0.25) is 0 Å². The lowest BCUT2D eigenvalue weighted by Crippen LogP contribution is -2.51. The molecule has 1 heterocycles. The van der Waals surface area contributed by atoms with Crippen LogP contribution in [0.1, 0.15) is 44.9 Å². The molecular weight excluding hydrogens is 496 g/mol. The lowest BCUT2D eigenvalue weighted by molar-refractivity contribution is -0.0494. The van der Waals surface area contributed by atoms with Crippen LogP contribution in [-0.2, 0) is 10.0 Å². The van der Waals surface area contributed by atoms with Gasteiger partial charge < -0.3 is 10.6 Å². The molecule has 1 saturated heterocycles. The third kappa shape index (κ3) is 7.08. The van der Waals surface area contributed by atoms with E-state index in [2.05, 4.69) is 21.7 Å². The number of rotatable bonds is 5. The standard InChI is InChI=1S/C16H27F3N4O2S.HI/c1-20-15(21-10-7-13-5-3-2-4-6-13)22-14-8-11-23(12-9-14)26(24,25)16(17,18)19;/h5,14H,2-4,6-12H2,1H3,(H2,20,21,22);1H. The van der Waals surface area contributed by atoms with E-state index in [0.717, 1.165) is 25.8 Å². The smallest absolute Gasteiger partial charge is 0.356 e. The molecule has 0 aromatic heterocycles. The molecular formula is C16H28F3IN4O2S. The van der Waals surface area contributed by atoms with Gasteiger partial charge in [0.1, 0.15) is 0 Å². The Morgan fingerprint density at radius 3 is 2.48 bits per heavy atom.